The van der Waals surface area contributed by atoms with E-state index in [2.05, 4.69) is 25.3 Å². The molecule has 31 heavy (non-hydrogen) atoms. The highest BCUT2D eigenvalue weighted by molar-refractivity contribution is 5.81. The lowest BCUT2D eigenvalue weighted by Gasteiger charge is -2.27. The van der Waals surface area contributed by atoms with E-state index in [0.29, 0.717) is 28.4 Å². The van der Waals surface area contributed by atoms with Crippen LogP contribution in [0.25, 0.3) is 21.8 Å². The second-order valence-corrected chi connectivity index (χ2v) is 7.61. The second kappa shape index (κ2) is 9.05. The van der Waals surface area contributed by atoms with Crippen molar-refractivity contribution in [3.05, 3.63) is 75.6 Å². The number of hydrogen-bond donors (Lipinski definition) is 4. The van der Waals surface area contributed by atoms with E-state index in [1.807, 2.05) is 18.2 Å². The van der Waals surface area contributed by atoms with Gasteiger partial charge < -0.3 is 21.0 Å². The fourth-order valence-electron chi connectivity index (χ4n) is 3.70. The van der Waals surface area contributed by atoms with Crippen molar-refractivity contribution in [3.8, 4) is 0 Å². The predicted molar refractivity (Wildman–Crippen MR) is 119 cm³/mol. The van der Waals surface area contributed by atoms with Crippen molar-refractivity contribution in [1.82, 2.24) is 19.9 Å². The molecule has 2 aromatic heterocycles. The molecule has 160 valence electrons. The van der Waals surface area contributed by atoms with Crippen LogP contribution in [0.5, 0.6) is 0 Å². The first-order valence-corrected chi connectivity index (χ1v) is 10.1. The Bertz CT molecular complexity index is 1310. The molecule has 5 rings (SSSR count). The van der Waals surface area contributed by atoms with Gasteiger partial charge in [-0.1, -0.05) is 0 Å². The molecule has 0 saturated heterocycles. The monoisotopic (exact) mass is 422 g/mol. The van der Waals surface area contributed by atoms with Gasteiger partial charge in [-0.05, 0) is 56.0 Å². The fourth-order valence-corrected chi connectivity index (χ4v) is 3.70. The Hall–Kier alpha value is -3.59. The summed E-state index contributed by atoms with van der Waals surface area (Å²) in [4.78, 5) is 35.6. The Kier molecular flexibility index (Phi) is 6.03. The third-order valence-corrected chi connectivity index (χ3v) is 5.39. The van der Waals surface area contributed by atoms with Crippen LogP contribution >= 0.6 is 0 Å². The first-order chi connectivity index (χ1) is 15.0. The van der Waals surface area contributed by atoms with Crippen molar-refractivity contribution in [1.29, 1.82) is 0 Å². The largest absolute Gasteiger partial charge is 0.382 e. The zero-order chi connectivity index (χ0) is 21.8. The van der Waals surface area contributed by atoms with Gasteiger partial charge in [0.1, 0.15) is 5.82 Å². The van der Waals surface area contributed by atoms with Crippen LogP contribution in [0.1, 0.15) is 25.7 Å². The van der Waals surface area contributed by atoms with Gasteiger partial charge in [-0.3, -0.25) is 9.59 Å². The number of nitrogens with zero attached hydrogens (tertiary/aromatic N) is 2. The van der Waals surface area contributed by atoms with Gasteiger partial charge in [-0.15, -0.1) is 0 Å². The molecular weight excluding hydrogens is 399 g/mol. The number of anilines is 1. The summed E-state index contributed by atoms with van der Waals surface area (Å²) in [6.45, 7) is 0. The molecule has 0 radical (unpaired) electrons. The van der Waals surface area contributed by atoms with Crippen LogP contribution in [0, 0.1) is 5.82 Å². The van der Waals surface area contributed by atoms with Crippen LogP contribution in [0.4, 0.5) is 10.1 Å². The zero-order valence-corrected chi connectivity index (χ0v) is 16.8. The Morgan fingerprint density at radius 1 is 0.871 bits per heavy atom. The quantitative estimate of drug-likeness (QED) is 0.393. The van der Waals surface area contributed by atoms with Gasteiger partial charge in [0.15, 0.2) is 0 Å². The third-order valence-electron chi connectivity index (χ3n) is 5.39. The highest BCUT2D eigenvalue weighted by Gasteiger charge is 2.18. The van der Waals surface area contributed by atoms with E-state index in [1.165, 1.54) is 30.9 Å². The van der Waals surface area contributed by atoms with E-state index in [9.17, 15) is 14.0 Å². The van der Waals surface area contributed by atoms with Gasteiger partial charge >= 0.3 is 0 Å². The predicted octanol–water partition coefficient (Wildman–Crippen LogP) is 2.67. The standard InChI is InChI=1S/C14H18N4O.C8H5FN2O/c15-9-1-3-10(4-2-9)18-11-5-6-12-13(7-11)16-8-17-14(12)19;9-5-1-2-6-7(3-5)10-4-11-8(6)12/h5-10,18H,1-4,15H2,(H,16,17,19);1-4H,(H,10,11,12). The average molecular weight is 422 g/mol. The molecule has 0 aliphatic heterocycles. The minimum absolute atomic E-state index is 0.0970. The van der Waals surface area contributed by atoms with E-state index in [0.717, 1.165) is 36.9 Å². The zero-order valence-electron chi connectivity index (χ0n) is 16.8. The van der Waals surface area contributed by atoms with Crippen LogP contribution in [0.3, 0.4) is 0 Å². The molecule has 2 heterocycles. The summed E-state index contributed by atoms with van der Waals surface area (Å²) in [5, 5.41) is 4.53. The maximum atomic E-state index is 12.6. The molecule has 1 saturated carbocycles. The highest BCUT2D eigenvalue weighted by atomic mass is 19.1. The van der Waals surface area contributed by atoms with E-state index < -0.39 is 0 Å². The molecule has 9 heteroatoms. The van der Waals surface area contributed by atoms with Crippen molar-refractivity contribution in [2.45, 2.75) is 37.8 Å². The van der Waals surface area contributed by atoms with E-state index in [1.54, 1.807) is 0 Å². The van der Waals surface area contributed by atoms with Crippen molar-refractivity contribution >= 4 is 27.5 Å². The summed E-state index contributed by atoms with van der Waals surface area (Å²) in [5.74, 6) is -0.388. The molecule has 0 atom stereocenters. The molecule has 8 nitrogen and oxygen atoms in total. The summed E-state index contributed by atoms with van der Waals surface area (Å²) in [6, 6.07) is 10.4. The minimum Gasteiger partial charge on any atom is -0.382 e. The molecule has 0 spiro atoms. The lowest BCUT2D eigenvalue weighted by Crippen LogP contribution is -2.32. The number of H-pyrrole nitrogens is 2. The SMILES string of the molecule is NC1CCC(Nc2ccc3c(=O)[nH]cnc3c2)CC1.O=c1[nH]cnc2cc(F)ccc12. The first-order valence-electron chi connectivity index (χ1n) is 10.1. The maximum Gasteiger partial charge on any atom is 0.258 e. The van der Waals surface area contributed by atoms with Crippen molar-refractivity contribution < 1.29 is 4.39 Å². The van der Waals surface area contributed by atoms with Crippen LogP contribution in [-0.2, 0) is 0 Å². The molecule has 1 aliphatic rings. The highest BCUT2D eigenvalue weighted by Crippen LogP contribution is 2.22. The molecule has 4 aromatic rings. The minimum atomic E-state index is -0.388. The molecule has 1 fully saturated rings. The number of halogens is 1. The van der Waals surface area contributed by atoms with E-state index >= 15 is 0 Å². The summed E-state index contributed by atoms with van der Waals surface area (Å²) in [7, 11) is 0. The Morgan fingerprint density at radius 3 is 2.10 bits per heavy atom. The van der Waals surface area contributed by atoms with Crippen molar-refractivity contribution in [2.24, 2.45) is 5.73 Å². The number of benzene rings is 2. The number of hydrogen-bond acceptors (Lipinski definition) is 6. The summed E-state index contributed by atoms with van der Waals surface area (Å²) in [6.07, 6.45) is 7.04. The normalized spacial score (nSPS) is 18.4. The van der Waals surface area contributed by atoms with Gasteiger partial charge in [0.25, 0.3) is 11.1 Å². The topological polar surface area (TPSA) is 130 Å². The average Bonchev–Trinajstić information content (AvgIpc) is 2.76. The number of nitrogens with two attached hydrogens (primary N) is 1. The number of nitrogens with one attached hydrogen (secondary N) is 3. The van der Waals surface area contributed by atoms with Gasteiger partial charge in [0.2, 0.25) is 0 Å². The van der Waals surface area contributed by atoms with E-state index in [-0.39, 0.29) is 16.9 Å². The number of fused-ring (bicyclic) bond motifs is 2. The third kappa shape index (κ3) is 4.95. The molecular formula is C22H23FN6O2. The first kappa shape index (κ1) is 20.7. The van der Waals surface area contributed by atoms with Crippen LogP contribution in [0.15, 0.2) is 58.6 Å². The molecule has 0 amide bonds. The molecule has 1 aliphatic carbocycles. The number of rotatable bonds is 2. The van der Waals surface area contributed by atoms with Crippen molar-refractivity contribution in [2.75, 3.05) is 5.32 Å². The van der Waals surface area contributed by atoms with Crippen LogP contribution < -0.4 is 22.2 Å². The molecule has 0 unspecified atom stereocenters. The molecule has 5 N–H and O–H groups in total. The summed E-state index contributed by atoms with van der Waals surface area (Å²) in [5.41, 5.74) is 7.68. The smallest absolute Gasteiger partial charge is 0.258 e. The van der Waals surface area contributed by atoms with Gasteiger partial charge in [-0.2, -0.15) is 0 Å². The Morgan fingerprint density at radius 2 is 1.45 bits per heavy atom. The Labute approximate surface area is 176 Å². The lowest BCUT2D eigenvalue weighted by molar-refractivity contribution is 0.411. The van der Waals surface area contributed by atoms with Crippen molar-refractivity contribution in [3.63, 3.8) is 0 Å². The van der Waals surface area contributed by atoms with Gasteiger partial charge in [0.05, 0.1) is 34.5 Å². The van der Waals surface area contributed by atoms with E-state index in [4.69, 9.17) is 5.73 Å². The Balaban J connectivity index is 0.000000166. The fraction of sp³-hybridized carbons (Fsp3) is 0.273. The lowest BCUT2D eigenvalue weighted by atomic mass is 9.91. The number of aromatic amines is 2. The van der Waals surface area contributed by atoms with Gasteiger partial charge in [0, 0.05) is 23.8 Å². The molecule has 0 bridgehead atoms. The van der Waals surface area contributed by atoms with Gasteiger partial charge in [-0.25, -0.2) is 14.4 Å². The summed E-state index contributed by atoms with van der Waals surface area (Å²) < 4.78 is 12.6. The van der Waals surface area contributed by atoms with Crippen LogP contribution in [0.2, 0.25) is 0 Å². The van der Waals surface area contributed by atoms with Crippen LogP contribution in [-0.4, -0.2) is 32.0 Å². The molecule has 2 aromatic carbocycles. The summed E-state index contributed by atoms with van der Waals surface area (Å²) >= 11 is 0. The maximum absolute atomic E-state index is 12.6. The number of aromatic nitrogens is 4. The second-order valence-electron chi connectivity index (χ2n) is 7.61.